The van der Waals surface area contributed by atoms with Crippen molar-refractivity contribution in [3.05, 3.63) is 65.7 Å². The van der Waals surface area contributed by atoms with Crippen LogP contribution in [-0.4, -0.2) is 31.0 Å². The third-order valence-electron chi connectivity index (χ3n) is 3.64. The summed E-state index contributed by atoms with van der Waals surface area (Å²) in [4.78, 5) is 25.5. The first-order chi connectivity index (χ1) is 11.5. The summed E-state index contributed by atoms with van der Waals surface area (Å²) in [6.07, 6.45) is 0. The van der Waals surface area contributed by atoms with Gasteiger partial charge in [0.25, 0.3) is 11.8 Å². The summed E-state index contributed by atoms with van der Waals surface area (Å²) in [7, 11) is -1.56. The zero-order valence-corrected chi connectivity index (χ0v) is 14.0. The summed E-state index contributed by atoms with van der Waals surface area (Å²) in [6, 6.07) is 14.8. The fourth-order valence-electron chi connectivity index (χ4n) is 2.51. The number of benzene rings is 2. The number of amides is 2. The molecule has 0 fully saturated rings. The number of para-hydroxylation sites is 1. The van der Waals surface area contributed by atoms with Crippen LogP contribution in [0.4, 0.5) is 5.69 Å². The largest absolute Gasteiger partial charge is 0.453 e. The van der Waals surface area contributed by atoms with E-state index in [1.807, 2.05) is 0 Å². The average Bonchev–Trinajstić information content (AvgIpc) is 2.88. The highest BCUT2D eigenvalue weighted by Crippen LogP contribution is 2.54. The van der Waals surface area contributed by atoms with Gasteiger partial charge in [0.1, 0.15) is 0 Å². The van der Waals surface area contributed by atoms with Crippen molar-refractivity contribution in [2.24, 2.45) is 0 Å². The second kappa shape index (κ2) is 6.20. The number of imide groups is 1. The minimum atomic E-state index is -3.95. The van der Waals surface area contributed by atoms with Gasteiger partial charge in [-0.1, -0.05) is 30.3 Å². The van der Waals surface area contributed by atoms with Gasteiger partial charge in [0.05, 0.1) is 16.8 Å². The molecule has 0 radical (unpaired) electrons. The number of hydrazine groups is 1. The summed E-state index contributed by atoms with van der Waals surface area (Å²) in [6.45, 7) is 0. The van der Waals surface area contributed by atoms with E-state index in [0.717, 1.165) is 9.79 Å². The summed E-state index contributed by atoms with van der Waals surface area (Å²) < 4.78 is 24.0. The van der Waals surface area contributed by atoms with Gasteiger partial charge in [-0.25, -0.2) is 4.57 Å². The standard InChI is InChI=1S/C16H15N2O5P/c1-22-24(21,23-2)18(12-8-4-3-5-9-12)17-15(19)13-10-6-7-11-14(13)16(17)20/h3-11H,1-2H3. The monoisotopic (exact) mass is 346 g/mol. The van der Waals surface area contributed by atoms with E-state index in [1.165, 1.54) is 14.2 Å². The Morgan fingerprint density at radius 2 is 1.29 bits per heavy atom. The predicted molar refractivity (Wildman–Crippen MR) is 87.5 cm³/mol. The van der Waals surface area contributed by atoms with Crippen LogP contribution < -0.4 is 4.78 Å². The van der Waals surface area contributed by atoms with Gasteiger partial charge in [0, 0.05) is 14.2 Å². The lowest BCUT2D eigenvalue weighted by Crippen LogP contribution is -2.45. The summed E-state index contributed by atoms with van der Waals surface area (Å²) in [5.41, 5.74) is 0.809. The Balaban J connectivity index is 2.16. The SMILES string of the molecule is COP(=O)(OC)N(c1ccccc1)N1C(=O)c2ccccc2C1=O. The molecule has 0 atom stereocenters. The van der Waals surface area contributed by atoms with Crippen LogP contribution in [0.2, 0.25) is 0 Å². The first-order valence-corrected chi connectivity index (χ1v) is 8.58. The molecule has 124 valence electrons. The van der Waals surface area contributed by atoms with Gasteiger partial charge in [-0.3, -0.25) is 18.6 Å². The topological polar surface area (TPSA) is 76.2 Å². The number of nitrogens with zero attached hydrogens (tertiary/aromatic N) is 2. The number of carbonyl (C=O) groups is 2. The van der Waals surface area contributed by atoms with Crippen molar-refractivity contribution >= 4 is 25.2 Å². The van der Waals surface area contributed by atoms with E-state index >= 15 is 0 Å². The third kappa shape index (κ3) is 2.43. The highest BCUT2D eigenvalue weighted by Gasteiger charge is 2.47. The zero-order valence-electron chi connectivity index (χ0n) is 13.1. The first kappa shape index (κ1) is 16.4. The van der Waals surface area contributed by atoms with Crippen molar-refractivity contribution < 1.29 is 23.2 Å². The van der Waals surface area contributed by atoms with Gasteiger partial charge in [0.2, 0.25) is 0 Å². The van der Waals surface area contributed by atoms with E-state index in [9.17, 15) is 14.2 Å². The normalized spacial score (nSPS) is 14.0. The van der Waals surface area contributed by atoms with E-state index < -0.39 is 19.6 Å². The lowest BCUT2D eigenvalue weighted by molar-refractivity contribution is 0.0646. The Kier molecular flexibility index (Phi) is 4.24. The van der Waals surface area contributed by atoms with E-state index in [-0.39, 0.29) is 11.1 Å². The summed E-state index contributed by atoms with van der Waals surface area (Å²) in [5.74, 6) is -1.18. The number of fused-ring (bicyclic) bond motifs is 1. The highest BCUT2D eigenvalue weighted by molar-refractivity contribution is 7.55. The molecule has 8 heteroatoms. The Bertz CT molecular complexity index is 796. The number of hydrogen-bond donors (Lipinski definition) is 0. The molecule has 2 aromatic rings. The van der Waals surface area contributed by atoms with Gasteiger partial charge >= 0.3 is 7.75 Å². The molecule has 0 saturated heterocycles. The molecule has 1 aliphatic heterocycles. The Labute approximate surface area is 139 Å². The maximum Gasteiger partial charge on any atom is 0.453 e. The van der Waals surface area contributed by atoms with Crippen LogP contribution in [0.3, 0.4) is 0 Å². The molecular formula is C16H15N2O5P. The van der Waals surface area contributed by atoms with Crippen molar-refractivity contribution in [2.45, 2.75) is 0 Å². The maximum atomic E-state index is 13.0. The van der Waals surface area contributed by atoms with Crippen molar-refractivity contribution in [1.29, 1.82) is 0 Å². The molecule has 3 rings (SSSR count). The minimum absolute atomic E-state index is 0.238. The third-order valence-corrected chi connectivity index (χ3v) is 5.44. The van der Waals surface area contributed by atoms with E-state index in [1.54, 1.807) is 54.6 Å². The van der Waals surface area contributed by atoms with Crippen LogP contribution in [0.15, 0.2) is 54.6 Å². The molecule has 1 heterocycles. The molecule has 24 heavy (non-hydrogen) atoms. The van der Waals surface area contributed by atoms with Gasteiger partial charge in [-0.15, -0.1) is 0 Å². The molecule has 7 nitrogen and oxygen atoms in total. The summed E-state index contributed by atoms with van der Waals surface area (Å²) in [5, 5.41) is 0.799. The molecule has 0 aliphatic carbocycles. The van der Waals surface area contributed by atoms with E-state index in [0.29, 0.717) is 5.69 Å². The minimum Gasteiger partial charge on any atom is -0.294 e. The molecule has 2 amide bonds. The molecule has 0 bridgehead atoms. The number of anilines is 1. The highest BCUT2D eigenvalue weighted by atomic mass is 31.2. The van der Waals surface area contributed by atoms with Crippen LogP contribution in [-0.2, 0) is 13.6 Å². The van der Waals surface area contributed by atoms with Crippen molar-refractivity contribution in [3.63, 3.8) is 0 Å². The van der Waals surface area contributed by atoms with Crippen LogP contribution in [0.5, 0.6) is 0 Å². The van der Waals surface area contributed by atoms with E-state index in [2.05, 4.69) is 0 Å². The van der Waals surface area contributed by atoms with Gasteiger partial charge in [-0.2, -0.15) is 9.79 Å². The smallest absolute Gasteiger partial charge is 0.294 e. The zero-order chi connectivity index (χ0) is 17.3. The first-order valence-electron chi connectivity index (χ1n) is 7.08. The second-order valence-electron chi connectivity index (χ2n) is 4.93. The van der Waals surface area contributed by atoms with Crippen LogP contribution in [0.25, 0.3) is 0 Å². The molecule has 0 spiro atoms. The molecule has 1 aliphatic rings. The fourth-order valence-corrected chi connectivity index (χ4v) is 3.76. The maximum absolute atomic E-state index is 13.0. The predicted octanol–water partition coefficient (Wildman–Crippen LogP) is 3.11. The molecular weight excluding hydrogens is 331 g/mol. The van der Waals surface area contributed by atoms with Gasteiger partial charge in [-0.05, 0) is 24.3 Å². The molecule has 0 saturated carbocycles. The Morgan fingerprint density at radius 3 is 1.75 bits per heavy atom. The van der Waals surface area contributed by atoms with Crippen molar-refractivity contribution in [1.82, 2.24) is 5.01 Å². The van der Waals surface area contributed by atoms with Crippen LogP contribution >= 0.6 is 7.75 Å². The fraction of sp³-hybridized carbons (Fsp3) is 0.125. The lowest BCUT2D eigenvalue weighted by Gasteiger charge is -2.34. The van der Waals surface area contributed by atoms with Crippen LogP contribution in [0, 0.1) is 0 Å². The summed E-state index contributed by atoms with van der Waals surface area (Å²) >= 11 is 0. The second-order valence-corrected chi connectivity index (χ2v) is 6.97. The Hall–Kier alpha value is -2.47. The van der Waals surface area contributed by atoms with Crippen molar-refractivity contribution in [2.75, 3.05) is 19.0 Å². The number of hydrogen-bond acceptors (Lipinski definition) is 5. The number of carbonyl (C=O) groups excluding carboxylic acids is 2. The lowest BCUT2D eigenvalue weighted by atomic mass is 10.1. The average molecular weight is 346 g/mol. The van der Waals surface area contributed by atoms with E-state index in [4.69, 9.17) is 9.05 Å². The number of rotatable bonds is 5. The Morgan fingerprint density at radius 1 is 0.833 bits per heavy atom. The molecule has 0 aromatic heterocycles. The van der Waals surface area contributed by atoms with Crippen LogP contribution in [0.1, 0.15) is 20.7 Å². The molecule has 0 unspecified atom stereocenters. The molecule has 2 aromatic carbocycles. The van der Waals surface area contributed by atoms with Crippen molar-refractivity contribution in [3.8, 4) is 0 Å². The van der Waals surface area contributed by atoms with Gasteiger partial charge in [0.15, 0.2) is 0 Å². The molecule has 0 N–H and O–H groups in total. The quantitative estimate of drug-likeness (QED) is 0.612. The van der Waals surface area contributed by atoms with Gasteiger partial charge < -0.3 is 0 Å².